The minimum atomic E-state index is -0.703. The average molecular weight is 278 g/mol. The molecule has 2 unspecified atom stereocenters. The molecule has 6 nitrogen and oxygen atoms in total. The van der Waals surface area contributed by atoms with E-state index in [0.29, 0.717) is 12.4 Å². The highest BCUT2D eigenvalue weighted by Crippen LogP contribution is 2.26. The second-order valence-electron chi connectivity index (χ2n) is 5.28. The minimum Gasteiger partial charge on any atom is -0.481 e. The highest BCUT2D eigenvalue weighted by atomic mass is 16.4. The Hall–Kier alpha value is -1.72. The average Bonchev–Trinajstić information content (AvgIpc) is 2.47. The van der Waals surface area contributed by atoms with Gasteiger partial charge in [0.25, 0.3) is 0 Å². The number of carbonyl (C=O) groups is 1. The maximum absolute atomic E-state index is 11.1. The van der Waals surface area contributed by atoms with Crippen molar-refractivity contribution in [3.63, 3.8) is 0 Å². The summed E-state index contributed by atoms with van der Waals surface area (Å²) in [6, 6.07) is 0.129. The SMILES string of the molecule is CCc1nnc(NC2CCCC(C(=O)O)C2)nc1CC. The summed E-state index contributed by atoms with van der Waals surface area (Å²) in [6.07, 6.45) is 4.95. The Balaban J connectivity index is 2.04. The highest BCUT2D eigenvalue weighted by molar-refractivity contribution is 5.70. The number of hydrogen-bond acceptors (Lipinski definition) is 5. The zero-order valence-corrected chi connectivity index (χ0v) is 12.1. The van der Waals surface area contributed by atoms with Gasteiger partial charge in [0.05, 0.1) is 17.3 Å². The zero-order valence-electron chi connectivity index (χ0n) is 12.1. The lowest BCUT2D eigenvalue weighted by Gasteiger charge is -2.27. The first-order valence-electron chi connectivity index (χ1n) is 7.35. The van der Waals surface area contributed by atoms with Crippen molar-refractivity contribution < 1.29 is 9.90 Å². The number of aliphatic carboxylic acids is 1. The summed E-state index contributed by atoms with van der Waals surface area (Å²) in [7, 11) is 0. The number of anilines is 1. The Bertz CT molecular complexity index is 478. The van der Waals surface area contributed by atoms with Crippen molar-refractivity contribution >= 4 is 11.9 Å². The third-order valence-electron chi connectivity index (χ3n) is 3.87. The number of carboxylic acids is 1. The van der Waals surface area contributed by atoms with Crippen molar-refractivity contribution in [3.8, 4) is 0 Å². The molecule has 1 aromatic heterocycles. The van der Waals surface area contributed by atoms with Gasteiger partial charge in [-0.25, -0.2) is 4.98 Å². The van der Waals surface area contributed by atoms with Crippen LogP contribution in [0.25, 0.3) is 0 Å². The van der Waals surface area contributed by atoms with E-state index in [4.69, 9.17) is 5.11 Å². The fourth-order valence-corrected chi connectivity index (χ4v) is 2.73. The molecule has 0 aliphatic heterocycles. The number of nitrogens with one attached hydrogen (secondary N) is 1. The molecule has 1 aromatic rings. The van der Waals surface area contributed by atoms with Crippen LogP contribution in [0.3, 0.4) is 0 Å². The molecule has 6 heteroatoms. The lowest BCUT2D eigenvalue weighted by atomic mass is 9.86. The highest BCUT2D eigenvalue weighted by Gasteiger charge is 2.27. The Morgan fingerprint density at radius 3 is 2.65 bits per heavy atom. The minimum absolute atomic E-state index is 0.129. The van der Waals surface area contributed by atoms with E-state index < -0.39 is 5.97 Å². The first kappa shape index (κ1) is 14.7. The van der Waals surface area contributed by atoms with Crippen LogP contribution in [0.1, 0.15) is 50.9 Å². The van der Waals surface area contributed by atoms with Crippen LogP contribution < -0.4 is 5.32 Å². The molecule has 1 fully saturated rings. The Morgan fingerprint density at radius 2 is 2.00 bits per heavy atom. The Kier molecular flexibility index (Phi) is 4.87. The number of carboxylic acid groups (broad SMARTS) is 1. The van der Waals surface area contributed by atoms with Crippen LogP contribution in [0.5, 0.6) is 0 Å². The second-order valence-corrected chi connectivity index (χ2v) is 5.28. The van der Waals surface area contributed by atoms with Crippen molar-refractivity contribution in [2.45, 2.75) is 58.4 Å². The molecule has 1 heterocycles. The molecular weight excluding hydrogens is 256 g/mol. The molecule has 0 bridgehead atoms. The lowest BCUT2D eigenvalue weighted by Crippen LogP contribution is -2.31. The van der Waals surface area contributed by atoms with Gasteiger partial charge < -0.3 is 10.4 Å². The molecule has 110 valence electrons. The van der Waals surface area contributed by atoms with Crippen molar-refractivity contribution in [2.24, 2.45) is 5.92 Å². The van der Waals surface area contributed by atoms with Crippen molar-refractivity contribution in [2.75, 3.05) is 5.32 Å². The maximum Gasteiger partial charge on any atom is 0.306 e. The number of nitrogens with zero attached hydrogens (tertiary/aromatic N) is 3. The van der Waals surface area contributed by atoms with Crippen LogP contribution in [0.15, 0.2) is 0 Å². The number of aryl methyl sites for hydroxylation is 2. The van der Waals surface area contributed by atoms with Gasteiger partial charge in [0.15, 0.2) is 0 Å². The molecule has 0 saturated heterocycles. The van der Waals surface area contributed by atoms with Crippen molar-refractivity contribution in [3.05, 3.63) is 11.4 Å². The van der Waals surface area contributed by atoms with Gasteiger partial charge in [0.2, 0.25) is 5.95 Å². The number of hydrogen-bond donors (Lipinski definition) is 2. The van der Waals surface area contributed by atoms with E-state index in [9.17, 15) is 4.79 Å². The molecular formula is C14H22N4O2. The van der Waals surface area contributed by atoms with Crippen LogP contribution in [0, 0.1) is 5.92 Å². The summed E-state index contributed by atoms with van der Waals surface area (Å²) >= 11 is 0. The standard InChI is InChI=1S/C14H22N4O2/c1-3-11-12(4-2)17-18-14(16-11)15-10-7-5-6-9(8-10)13(19)20/h9-10H,3-8H2,1-2H3,(H,19,20)(H,15,16,18). The molecule has 2 rings (SSSR count). The van der Waals surface area contributed by atoms with Gasteiger partial charge in [-0.1, -0.05) is 20.3 Å². The molecule has 0 spiro atoms. The van der Waals surface area contributed by atoms with Gasteiger partial charge in [0, 0.05) is 6.04 Å². The predicted molar refractivity (Wildman–Crippen MR) is 75.6 cm³/mol. The summed E-state index contributed by atoms with van der Waals surface area (Å²) < 4.78 is 0. The fourth-order valence-electron chi connectivity index (χ4n) is 2.73. The monoisotopic (exact) mass is 278 g/mol. The van der Waals surface area contributed by atoms with Gasteiger partial charge in [-0.05, 0) is 32.1 Å². The van der Waals surface area contributed by atoms with E-state index in [1.165, 1.54) is 0 Å². The largest absolute Gasteiger partial charge is 0.481 e. The topological polar surface area (TPSA) is 88.0 Å². The van der Waals surface area contributed by atoms with E-state index in [-0.39, 0.29) is 12.0 Å². The molecule has 20 heavy (non-hydrogen) atoms. The van der Waals surface area contributed by atoms with E-state index >= 15 is 0 Å². The van der Waals surface area contributed by atoms with Crippen LogP contribution in [0.2, 0.25) is 0 Å². The summed E-state index contributed by atoms with van der Waals surface area (Å²) in [5.41, 5.74) is 1.90. The van der Waals surface area contributed by atoms with Crippen molar-refractivity contribution in [1.29, 1.82) is 0 Å². The quantitative estimate of drug-likeness (QED) is 0.857. The molecule has 0 radical (unpaired) electrons. The van der Waals surface area contributed by atoms with Gasteiger partial charge in [-0.2, -0.15) is 5.10 Å². The normalized spacial score (nSPS) is 22.5. The van der Waals surface area contributed by atoms with Crippen LogP contribution in [0.4, 0.5) is 5.95 Å². The molecule has 2 N–H and O–H groups in total. The third-order valence-corrected chi connectivity index (χ3v) is 3.87. The molecule has 1 saturated carbocycles. The number of rotatable bonds is 5. The molecule has 1 aliphatic rings. The summed E-state index contributed by atoms with van der Waals surface area (Å²) in [5.74, 6) is -0.434. The zero-order chi connectivity index (χ0) is 14.5. The van der Waals surface area contributed by atoms with E-state index in [2.05, 4.69) is 20.5 Å². The smallest absolute Gasteiger partial charge is 0.306 e. The maximum atomic E-state index is 11.1. The van der Waals surface area contributed by atoms with E-state index in [1.54, 1.807) is 0 Å². The lowest BCUT2D eigenvalue weighted by molar-refractivity contribution is -0.142. The third kappa shape index (κ3) is 3.43. The van der Waals surface area contributed by atoms with E-state index in [1.807, 2.05) is 13.8 Å². The van der Waals surface area contributed by atoms with Gasteiger partial charge in [-0.15, -0.1) is 5.10 Å². The van der Waals surface area contributed by atoms with Gasteiger partial charge in [-0.3, -0.25) is 4.79 Å². The van der Waals surface area contributed by atoms with Crippen LogP contribution >= 0.6 is 0 Å². The Morgan fingerprint density at radius 1 is 1.25 bits per heavy atom. The van der Waals surface area contributed by atoms with Gasteiger partial charge >= 0.3 is 5.97 Å². The van der Waals surface area contributed by atoms with Crippen LogP contribution in [-0.2, 0) is 17.6 Å². The summed E-state index contributed by atoms with van der Waals surface area (Å²) in [6.45, 7) is 4.09. The van der Waals surface area contributed by atoms with Crippen LogP contribution in [-0.4, -0.2) is 32.3 Å². The van der Waals surface area contributed by atoms with E-state index in [0.717, 1.165) is 43.5 Å². The molecule has 0 amide bonds. The molecule has 2 atom stereocenters. The first-order chi connectivity index (χ1) is 9.63. The molecule has 0 aromatic carbocycles. The van der Waals surface area contributed by atoms with Gasteiger partial charge in [0.1, 0.15) is 0 Å². The predicted octanol–water partition coefficient (Wildman–Crippen LogP) is 2.05. The van der Waals surface area contributed by atoms with Crippen molar-refractivity contribution in [1.82, 2.24) is 15.2 Å². The summed E-state index contributed by atoms with van der Waals surface area (Å²) in [4.78, 5) is 15.6. The number of aromatic nitrogens is 3. The molecule has 1 aliphatic carbocycles. The first-order valence-corrected chi connectivity index (χ1v) is 7.35. The fraction of sp³-hybridized carbons (Fsp3) is 0.714. The Labute approximate surface area is 119 Å². The second kappa shape index (κ2) is 6.63. The summed E-state index contributed by atoms with van der Waals surface area (Å²) in [5, 5.41) is 20.6.